The van der Waals surface area contributed by atoms with Gasteiger partial charge in [-0.15, -0.1) is 11.8 Å². The minimum Gasteiger partial charge on any atom is -0.146 e. The molecule has 0 N–H and O–H groups in total. The molecule has 1 heteroatoms. The van der Waals surface area contributed by atoms with Gasteiger partial charge in [-0.1, -0.05) is 79.1 Å². The first-order chi connectivity index (χ1) is 9.72. The van der Waals surface area contributed by atoms with Gasteiger partial charge in [0.1, 0.15) is 0 Å². The predicted octanol–water partition coefficient (Wildman–Crippen LogP) is 7.61. The Bertz CT molecular complexity index is 287. The summed E-state index contributed by atoms with van der Waals surface area (Å²) in [6.45, 7) is 14.3. The van der Waals surface area contributed by atoms with Crippen molar-refractivity contribution in [2.45, 2.75) is 122 Å². The van der Waals surface area contributed by atoms with E-state index in [1.54, 1.807) is 0 Å². The summed E-state index contributed by atoms with van der Waals surface area (Å²) in [5.41, 5.74) is 0.530. The van der Waals surface area contributed by atoms with Gasteiger partial charge >= 0.3 is 0 Å². The third-order valence-electron chi connectivity index (χ3n) is 5.17. The van der Waals surface area contributed by atoms with Crippen molar-refractivity contribution < 1.29 is 0 Å². The fraction of sp³-hybridized carbons (Fsp3) is 1.00. The highest BCUT2D eigenvalue weighted by Gasteiger charge is 2.60. The van der Waals surface area contributed by atoms with Crippen molar-refractivity contribution in [2.24, 2.45) is 5.41 Å². The van der Waals surface area contributed by atoms with Crippen LogP contribution in [0.3, 0.4) is 0 Å². The average Bonchev–Trinajstić information content (AvgIpc) is 2.88. The van der Waals surface area contributed by atoms with Crippen molar-refractivity contribution in [3.63, 3.8) is 0 Å². The molecule has 1 rings (SSSR count). The third-order valence-corrected chi connectivity index (χ3v) is 7.17. The first-order valence-electron chi connectivity index (χ1n) is 9.43. The zero-order chi connectivity index (χ0) is 16.0. The van der Waals surface area contributed by atoms with E-state index in [1.807, 2.05) is 0 Å². The molecular formula is C20H40S. The summed E-state index contributed by atoms with van der Waals surface area (Å²) >= 11 is 2.24. The Balaban J connectivity index is 1.96. The molecule has 1 atom stereocenters. The lowest BCUT2D eigenvalue weighted by Crippen LogP contribution is -2.20. The van der Waals surface area contributed by atoms with Crippen LogP contribution >= 0.6 is 11.8 Å². The Morgan fingerprint density at radius 3 is 1.67 bits per heavy atom. The average molecular weight is 313 g/mol. The van der Waals surface area contributed by atoms with Crippen molar-refractivity contribution >= 4 is 11.8 Å². The van der Waals surface area contributed by atoms with Gasteiger partial charge in [0.2, 0.25) is 0 Å². The van der Waals surface area contributed by atoms with Crippen LogP contribution in [0.1, 0.15) is 112 Å². The van der Waals surface area contributed by atoms with Gasteiger partial charge in [0.15, 0.2) is 0 Å². The largest absolute Gasteiger partial charge is 0.146 e. The van der Waals surface area contributed by atoms with Crippen molar-refractivity contribution in [3.8, 4) is 0 Å². The molecule has 21 heavy (non-hydrogen) atoms. The normalized spacial score (nSPS) is 24.3. The van der Waals surface area contributed by atoms with Crippen LogP contribution in [0.25, 0.3) is 0 Å². The summed E-state index contributed by atoms with van der Waals surface area (Å²) in [5, 5.41) is 0. The maximum absolute atomic E-state index is 2.45. The van der Waals surface area contributed by atoms with Crippen LogP contribution in [0.5, 0.6) is 0 Å². The summed E-state index contributed by atoms with van der Waals surface area (Å²) in [6.07, 6.45) is 15.8. The second-order valence-electron chi connectivity index (χ2n) is 8.89. The number of unbranched alkanes of at least 4 members (excludes halogenated alkanes) is 6. The van der Waals surface area contributed by atoms with Crippen molar-refractivity contribution in [2.75, 3.05) is 0 Å². The first kappa shape index (κ1) is 19.4. The molecule has 1 fully saturated rings. The molecule has 0 spiro atoms. The summed E-state index contributed by atoms with van der Waals surface area (Å²) in [7, 11) is 0. The zero-order valence-electron chi connectivity index (χ0n) is 15.7. The van der Waals surface area contributed by atoms with E-state index < -0.39 is 0 Å². The molecule has 1 heterocycles. The monoisotopic (exact) mass is 312 g/mol. The molecule has 1 aliphatic heterocycles. The van der Waals surface area contributed by atoms with Gasteiger partial charge in [0, 0.05) is 9.49 Å². The van der Waals surface area contributed by atoms with Gasteiger partial charge in [-0.05, 0) is 38.5 Å². The second-order valence-corrected chi connectivity index (χ2v) is 10.9. The summed E-state index contributed by atoms with van der Waals surface area (Å²) < 4.78 is 1.21. The maximum atomic E-state index is 2.45. The molecule has 0 saturated carbocycles. The standard InChI is InChI=1S/C20H40S/c1-7-15-20(19(5,6)21-20)17-14-12-10-8-9-11-13-16-18(2,3)4/h7-17H2,1-6H3. The van der Waals surface area contributed by atoms with Gasteiger partial charge in [-0.25, -0.2) is 0 Å². The fourth-order valence-electron chi connectivity index (χ4n) is 3.65. The van der Waals surface area contributed by atoms with Crippen LogP contribution < -0.4 is 0 Å². The van der Waals surface area contributed by atoms with E-state index >= 15 is 0 Å². The van der Waals surface area contributed by atoms with Gasteiger partial charge < -0.3 is 0 Å². The quantitative estimate of drug-likeness (QED) is 0.279. The van der Waals surface area contributed by atoms with Crippen LogP contribution in [0, 0.1) is 5.41 Å². The van der Waals surface area contributed by atoms with E-state index in [0.717, 1.165) is 0 Å². The molecule has 0 aromatic carbocycles. The molecule has 0 amide bonds. The molecule has 1 unspecified atom stereocenters. The number of thioether (sulfide) groups is 1. The SMILES string of the molecule is CCCC1(CCCCCCCCCC(C)(C)C)SC1(C)C. The molecule has 0 aliphatic carbocycles. The van der Waals surface area contributed by atoms with Gasteiger partial charge in [0.25, 0.3) is 0 Å². The summed E-state index contributed by atoms with van der Waals surface area (Å²) in [4.78, 5) is 0. The first-order valence-corrected chi connectivity index (χ1v) is 10.2. The van der Waals surface area contributed by atoms with Crippen LogP contribution in [0.15, 0.2) is 0 Å². The Hall–Kier alpha value is 0.350. The van der Waals surface area contributed by atoms with Gasteiger partial charge in [-0.2, -0.15) is 0 Å². The van der Waals surface area contributed by atoms with Gasteiger partial charge in [-0.3, -0.25) is 0 Å². The highest BCUT2D eigenvalue weighted by molar-refractivity contribution is 8.09. The number of hydrogen-bond acceptors (Lipinski definition) is 1. The topological polar surface area (TPSA) is 0 Å². The molecule has 1 aliphatic rings. The van der Waals surface area contributed by atoms with Crippen molar-refractivity contribution in [3.05, 3.63) is 0 Å². The highest BCUT2D eigenvalue weighted by atomic mass is 32.2. The van der Waals surface area contributed by atoms with E-state index in [2.05, 4.69) is 53.3 Å². The Morgan fingerprint density at radius 1 is 0.762 bits per heavy atom. The molecule has 0 aromatic rings. The minimum absolute atomic E-state index is 0.530. The Kier molecular flexibility index (Phi) is 7.64. The number of rotatable bonds is 11. The van der Waals surface area contributed by atoms with E-state index in [-0.39, 0.29) is 0 Å². The Labute approximate surface area is 139 Å². The summed E-state index contributed by atoms with van der Waals surface area (Å²) in [5.74, 6) is 0. The van der Waals surface area contributed by atoms with E-state index in [4.69, 9.17) is 0 Å². The second kappa shape index (κ2) is 8.27. The van der Waals surface area contributed by atoms with Crippen molar-refractivity contribution in [1.82, 2.24) is 0 Å². The van der Waals surface area contributed by atoms with E-state index in [0.29, 0.717) is 14.9 Å². The molecule has 126 valence electrons. The smallest absolute Gasteiger partial charge is 0.0307 e. The fourth-order valence-corrected chi connectivity index (χ4v) is 5.33. The van der Waals surface area contributed by atoms with E-state index in [1.165, 1.54) is 70.6 Å². The lowest BCUT2D eigenvalue weighted by molar-refractivity contribution is 0.356. The predicted molar refractivity (Wildman–Crippen MR) is 100 cm³/mol. The zero-order valence-corrected chi connectivity index (χ0v) is 16.5. The molecular weight excluding hydrogens is 272 g/mol. The Morgan fingerprint density at radius 2 is 1.24 bits per heavy atom. The van der Waals surface area contributed by atoms with Crippen LogP contribution in [-0.2, 0) is 0 Å². The van der Waals surface area contributed by atoms with Crippen molar-refractivity contribution in [1.29, 1.82) is 0 Å². The highest BCUT2D eigenvalue weighted by Crippen LogP contribution is 2.68. The minimum atomic E-state index is 0.530. The number of hydrogen-bond donors (Lipinski definition) is 0. The lowest BCUT2D eigenvalue weighted by atomic mass is 9.86. The third kappa shape index (κ3) is 6.97. The molecule has 0 aromatic heterocycles. The van der Waals surface area contributed by atoms with Crippen LogP contribution in [0.4, 0.5) is 0 Å². The molecule has 0 radical (unpaired) electrons. The molecule has 1 saturated heterocycles. The van der Waals surface area contributed by atoms with Crippen LogP contribution in [-0.4, -0.2) is 9.49 Å². The molecule has 0 nitrogen and oxygen atoms in total. The van der Waals surface area contributed by atoms with E-state index in [9.17, 15) is 0 Å². The van der Waals surface area contributed by atoms with Gasteiger partial charge in [0.05, 0.1) is 0 Å². The van der Waals surface area contributed by atoms with Crippen LogP contribution in [0.2, 0.25) is 0 Å². The molecule has 0 bridgehead atoms. The maximum Gasteiger partial charge on any atom is 0.0307 e. The summed E-state index contributed by atoms with van der Waals surface area (Å²) in [6, 6.07) is 0. The lowest BCUT2D eigenvalue weighted by Gasteiger charge is -2.17.